The van der Waals surface area contributed by atoms with Crippen LogP contribution in [0.3, 0.4) is 0 Å². The summed E-state index contributed by atoms with van der Waals surface area (Å²) in [5.41, 5.74) is 1.99. The number of carbonyl (C=O) groups excluding carboxylic acids is 3. The molecule has 2 aliphatic rings. The van der Waals surface area contributed by atoms with Gasteiger partial charge in [-0.25, -0.2) is 0 Å². The molecular formula is C17H20N2O3S. The lowest BCUT2D eigenvalue weighted by Gasteiger charge is -2.20. The number of hydrogen-bond acceptors (Lipinski definition) is 4. The highest BCUT2D eigenvalue weighted by Gasteiger charge is 2.37. The molecule has 2 amide bonds. The van der Waals surface area contributed by atoms with Crippen molar-refractivity contribution in [2.75, 3.05) is 17.2 Å². The normalized spacial score (nSPS) is 24.3. The first kappa shape index (κ1) is 16.1. The van der Waals surface area contributed by atoms with E-state index in [2.05, 4.69) is 5.32 Å². The zero-order chi connectivity index (χ0) is 16.4. The smallest absolute Gasteiger partial charge is 0.227 e. The molecule has 2 atom stereocenters. The first-order valence-corrected chi connectivity index (χ1v) is 8.94. The van der Waals surface area contributed by atoms with E-state index in [1.165, 1.54) is 11.8 Å². The number of nitrogens with zero attached hydrogens (tertiary/aromatic N) is 1. The van der Waals surface area contributed by atoms with Gasteiger partial charge in [0, 0.05) is 24.4 Å². The van der Waals surface area contributed by atoms with Crippen LogP contribution in [0.4, 0.5) is 5.69 Å². The SMILES string of the molecule is CCc1ccccc1N1C[C@@H](C(=O)N[C@@H]2CCSC2=O)CC1=O. The van der Waals surface area contributed by atoms with E-state index in [0.717, 1.165) is 23.4 Å². The van der Waals surface area contributed by atoms with Crippen LogP contribution in [0.25, 0.3) is 0 Å². The van der Waals surface area contributed by atoms with Crippen molar-refractivity contribution in [2.24, 2.45) is 5.92 Å². The van der Waals surface area contributed by atoms with Crippen LogP contribution in [0.1, 0.15) is 25.3 Å². The van der Waals surface area contributed by atoms with Crippen LogP contribution in [0.5, 0.6) is 0 Å². The lowest BCUT2D eigenvalue weighted by atomic mass is 10.1. The van der Waals surface area contributed by atoms with Gasteiger partial charge in [-0.1, -0.05) is 36.9 Å². The Kier molecular flexibility index (Phi) is 4.71. The molecule has 2 heterocycles. The van der Waals surface area contributed by atoms with Gasteiger partial charge in [0.05, 0.1) is 12.0 Å². The minimum absolute atomic E-state index is 0.0239. The molecule has 23 heavy (non-hydrogen) atoms. The van der Waals surface area contributed by atoms with Gasteiger partial charge < -0.3 is 10.2 Å². The van der Waals surface area contributed by atoms with Crippen molar-refractivity contribution in [1.82, 2.24) is 5.32 Å². The number of thioether (sulfide) groups is 1. The second-order valence-electron chi connectivity index (χ2n) is 5.91. The van der Waals surface area contributed by atoms with Crippen molar-refractivity contribution < 1.29 is 14.4 Å². The molecule has 122 valence electrons. The maximum Gasteiger partial charge on any atom is 0.227 e. The third-order valence-corrected chi connectivity index (χ3v) is 5.42. The molecule has 5 nitrogen and oxygen atoms in total. The molecule has 2 fully saturated rings. The Hall–Kier alpha value is -1.82. The van der Waals surface area contributed by atoms with Gasteiger partial charge in [0.25, 0.3) is 0 Å². The van der Waals surface area contributed by atoms with Crippen LogP contribution in [0.15, 0.2) is 24.3 Å². The molecule has 0 aromatic heterocycles. The lowest BCUT2D eigenvalue weighted by molar-refractivity contribution is -0.128. The summed E-state index contributed by atoms with van der Waals surface area (Å²) in [7, 11) is 0. The van der Waals surface area contributed by atoms with Crippen molar-refractivity contribution in [3.05, 3.63) is 29.8 Å². The van der Waals surface area contributed by atoms with Crippen LogP contribution >= 0.6 is 11.8 Å². The molecule has 0 saturated carbocycles. The van der Waals surface area contributed by atoms with Crippen molar-refractivity contribution in [3.8, 4) is 0 Å². The highest BCUT2D eigenvalue weighted by molar-refractivity contribution is 8.14. The predicted octanol–water partition coefficient (Wildman–Crippen LogP) is 1.75. The summed E-state index contributed by atoms with van der Waals surface area (Å²) < 4.78 is 0. The highest BCUT2D eigenvalue weighted by atomic mass is 32.2. The summed E-state index contributed by atoms with van der Waals surface area (Å²) in [6.45, 7) is 2.43. The van der Waals surface area contributed by atoms with Gasteiger partial charge >= 0.3 is 0 Å². The summed E-state index contributed by atoms with van der Waals surface area (Å²) in [6.07, 6.45) is 1.72. The Morgan fingerprint density at radius 2 is 2.13 bits per heavy atom. The number of amides is 2. The second kappa shape index (κ2) is 6.74. The summed E-state index contributed by atoms with van der Waals surface area (Å²) in [6, 6.07) is 7.40. The van der Waals surface area contributed by atoms with Crippen LogP contribution in [-0.4, -0.2) is 35.3 Å². The third-order valence-electron chi connectivity index (χ3n) is 4.41. The van der Waals surface area contributed by atoms with Gasteiger partial charge in [0.1, 0.15) is 0 Å². The molecular weight excluding hydrogens is 312 g/mol. The number of anilines is 1. The van der Waals surface area contributed by atoms with Gasteiger partial charge in [0.2, 0.25) is 16.9 Å². The summed E-state index contributed by atoms with van der Waals surface area (Å²) in [5, 5.41) is 2.83. The number of benzene rings is 1. The number of rotatable bonds is 4. The van der Waals surface area contributed by atoms with E-state index in [1.807, 2.05) is 31.2 Å². The Morgan fingerprint density at radius 3 is 2.83 bits per heavy atom. The fourth-order valence-corrected chi connectivity index (χ4v) is 4.04. The van der Waals surface area contributed by atoms with E-state index in [4.69, 9.17) is 0 Å². The fraction of sp³-hybridized carbons (Fsp3) is 0.471. The first-order chi connectivity index (χ1) is 11.1. The first-order valence-electron chi connectivity index (χ1n) is 7.95. The second-order valence-corrected chi connectivity index (χ2v) is 7.00. The third kappa shape index (κ3) is 3.27. The molecule has 2 aliphatic heterocycles. The van der Waals surface area contributed by atoms with Crippen LogP contribution in [0, 0.1) is 5.92 Å². The number of nitrogens with one attached hydrogen (secondary N) is 1. The predicted molar refractivity (Wildman–Crippen MR) is 90.3 cm³/mol. The largest absolute Gasteiger partial charge is 0.345 e. The van der Waals surface area contributed by atoms with E-state index in [0.29, 0.717) is 13.0 Å². The molecule has 2 saturated heterocycles. The number of aryl methyl sites for hydroxylation is 1. The average Bonchev–Trinajstić information content (AvgIpc) is 3.13. The standard InChI is InChI=1S/C17H20N2O3S/c1-2-11-5-3-4-6-14(11)19-10-12(9-15(19)20)16(21)18-13-7-8-23-17(13)22/h3-6,12-13H,2,7-10H2,1H3,(H,18,21)/t12-,13+/m0/s1. The monoisotopic (exact) mass is 332 g/mol. The van der Waals surface area contributed by atoms with E-state index in [9.17, 15) is 14.4 Å². The van der Waals surface area contributed by atoms with Gasteiger partial charge in [-0.3, -0.25) is 14.4 Å². The van der Waals surface area contributed by atoms with Gasteiger partial charge in [-0.15, -0.1) is 0 Å². The van der Waals surface area contributed by atoms with E-state index in [-0.39, 0.29) is 35.3 Å². The summed E-state index contributed by atoms with van der Waals surface area (Å²) >= 11 is 1.26. The van der Waals surface area contributed by atoms with Gasteiger partial charge in [0.15, 0.2) is 0 Å². The molecule has 0 aliphatic carbocycles. The van der Waals surface area contributed by atoms with Crippen molar-refractivity contribution in [3.63, 3.8) is 0 Å². The Labute approximate surface area is 139 Å². The summed E-state index contributed by atoms with van der Waals surface area (Å²) in [5.74, 6) is 0.156. The Morgan fingerprint density at radius 1 is 1.35 bits per heavy atom. The Balaban J connectivity index is 1.69. The number of para-hydroxylation sites is 1. The van der Waals surface area contributed by atoms with Gasteiger partial charge in [-0.05, 0) is 24.5 Å². The molecule has 0 spiro atoms. The molecule has 6 heteroatoms. The minimum Gasteiger partial charge on any atom is -0.345 e. The topological polar surface area (TPSA) is 66.5 Å². The van der Waals surface area contributed by atoms with E-state index < -0.39 is 0 Å². The van der Waals surface area contributed by atoms with Crippen LogP contribution < -0.4 is 10.2 Å². The molecule has 0 radical (unpaired) electrons. The number of carbonyl (C=O) groups is 3. The molecule has 1 aromatic carbocycles. The van der Waals surface area contributed by atoms with Gasteiger partial charge in [-0.2, -0.15) is 0 Å². The molecule has 3 rings (SSSR count). The minimum atomic E-state index is -0.389. The van der Waals surface area contributed by atoms with E-state index >= 15 is 0 Å². The zero-order valence-electron chi connectivity index (χ0n) is 13.1. The average molecular weight is 332 g/mol. The van der Waals surface area contributed by atoms with Crippen molar-refractivity contribution in [1.29, 1.82) is 0 Å². The maximum absolute atomic E-state index is 12.4. The highest BCUT2D eigenvalue weighted by Crippen LogP contribution is 2.29. The van der Waals surface area contributed by atoms with Crippen LogP contribution in [-0.2, 0) is 20.8 Å². The molecule has 1 N–H and O–H groups in total. The zero-order valence-corrected chi connectivity index (χ0v) is 13.9. The molecule has 0 bridgehead atoms. The van der Waals surface area contributed by atoms with E-state index in [1.54, 1.807) is 4.90 Å². The maximum atomic E-state index is 12.4. The number of hydrogen-bond donors (Lipinski definition) is 1. The summed E-state index contributed by atoms with van der Waals surface area (Å²) in [4.78, 5) is 38.0. The quantitative estimate of drug-likeness (QED) is 0.912. The lowest BCUT2D eigenvalue weighted by Crippen LogP contribution is -2.41. The Bertz CT molecular complexity index is 646. The van der Waals surface area contributed by atoms with Crippen molar-refractivity contribution >= 4 is 34.4 Å². The molecule has 1 aromatic rings. The van der Waals surface area contributed by atoms with Crippen molar-refractivity contribution in [2.45, 2.75) is 32.2 Å². The molecule has 0 unspecified atom stereocenters. The fourth-order valence-electron chi connectivity index (χ4n) is 3.11. The van der Waals surface area contributed by atoms with Crippen LogP contribution in [0.2, 0.25) is 0 Å².